The highest BCUT2D eigenvalue weighted by molar-refractivity contribution is 9.10. The van der Waals surface area contributed by atoms with Crippen molar-refractivity contribution in [2.45, 2.75) is 19.3 Å². The first-order valence-corrected chi connectivity index (χ1v) is 7.55. The van der Waals surface area contributed by atoms with Crippen molar-refractivity contribution in [1.82, 2.24) is 0 Å². The molecule has 1 atom stereocenters. The van der Waals surface area contributed by atoms with Crippen LogP contribution in [-0.2, 0) is 9.59 Å². The van der Waals surface area contributed by atoms with Crippen LogP contribution in [0.4, 0.5) is 5.69 Å². The lowest BCUT2D eigenvalue weighted by molar-refractivity contribution is -0.121. The van der Waals surface area contributed by atoms with Crippen molar-refractivity contribution in [3.63, 3.8) is 0 Å². The summed E-state index contributed by atoms with van der Waals surface area (Å²) in [5, 5.41) is 0. The second-order valence-electron chi connectivity index (χ2n) is 5.14. The predicted octanol–water partition coefficient (Wildman–Crippen LogP) is 3.80. The molecule has 0 aromatic heterocycles. The van der Waals surface area contributed by atoms with E-state index in [0.29, 0.717) is 5.69 Å². The topological polar surface area (TPSA) is 37.4 Å². The van der Waals surface area contributed by atoms with E-state index >= 15 is 0 Å². The second kappa shape index (κ2) is 5.45. The Hall–Kier alpha value is -1.94. The van der Waals surface area contributed by atoms with Gasteiger partial charge in [0.25, 0.3) is 0 Å². The molecule has 106 valence electrons. The Labute approximate surface area is 131 Å². The molecule has 0 saturated carbocycles. The van der Waals surface area contributed by atoms with Crippen LogP contribution >= 0.6 is 15.9 Å². The summed E-state index contributed by atoms with van der Waals surface area (Å²) in [6.45, 7) is 1.94. The summed E-state index contributed by atoms with van der Waals surface area (Å²) in [6, 6.07) is 15.0. The van der Waals surface area contributed by atoms with Gasteiger partial charge in [-0.2, -0.15) is 0 Å². The number of nitrogens with zero attached hydrogens (tertiary/aromatic N) is 1. The van der Waals surface area contributed by atoms with Crippen molar-refractivity contribution in [3.05, 3.63) is 64.1 Å². The van der Waals surface area contributed by atoms with Crippen molar-refractivity contribution >= 4 is 33.4 Å². The standard InChI is InChI=1S/C17H14BrNO2/c1-11-6-5-9-14(16(11)18)19-15(20)10-13(17(19)21)12-7-3-2-4-8-12/h2-9,13H,10H2,1H3. The molecule has 2 aromatic rings. The van der Waals surface area contributed by atoms with E-state index in [1.165, 1.54) is 4.90 Å². The highest BCUT2D eigenvalue weighted by atomic mass is 79.9. The van der Waals surface area contributed by atoms with Gasteiger partial charge in [-0.15, -0.1) is 0 Å². The van der Waals surface area contributed by atoms with Gasteiger partial charge in [0.1, 0.15) is 0 Å². The molecule has 1 saturated heterocycles. The lowest BCUT2D eigenvalue weighted by atomic mass is 9.98. The van der Waals surface area contributed by atoms with Crippen molar-refractivity contribution in [2.24, 2.45) is 0 Å². The van der Waals surface area contributed by atoms with E-state index in [2.05, 4.69) is 15.9 Å². The highest BCUT2D eigenvalue weighted by Crippen LogP contribution is 2.37. The molecule has 4 heteroatoms. The summed E-state index contributed by atoms with van der Waals surface area (Å²) in [4.78, 5) is 26.3. The molecule has 0 N–H and O–H groups in total. The molecule has 3 rings (SSSR count). The van der Waals surface area contributed by atoms with Gasteiger partial charge in [-0.3, -0.25) is 9.59 Å². The zero-order chi connectivity index (χ0) is 15.0. The highest BCUT2D eigenvalue weighted by Gasteiger charge is 2.40. The van der Waals surface area contributed by atoms with Gasteiger partial charge in [0.2, 0.25) is 11.8 Å². The molecule has 2 aromatic carbocycles. The average molecular weight is 344 g/mol. The van der Waals surface area contributed by atoms with Gasteiger partial charge in [0.15, 0.2) is 0 Å². The van der Waals surface area contributed by atoms with E-state index in [0.717, 1.165) is 15.6 Å². The minimum Gasteiger partial charge on any atom is -0.274 e. The SMILES string of the molecule is Cc1cccc(N2C(=O)CC(c3ccccc3)C2=O)c1Br. The molecular weight excluding hydrogens is 330 g/mol. The van der Waals surface area contributed by atoms with Crippen LogP contribution in [0.15, 0.2) is 53.0 Å². The van der Waals surface area contributed by atoms with Crippen LogP contribution in [0.2, 0.25) is 0 Å². The van der Waals surface area contributed by atoms with Crippen LogP contribution in [0, 0.1) is 6.92 Å². The van der Waals surface area contributed by atoms with Crippen molar-refractivity contribution in [3.8, 4) is 0 Å². The molecule has 3 nitrogen and oxygen atoms in total. The Morgan fingerprint density at radius 3 is 2.48 bits per heavy atom. The first-order chi connectivity index (χ1) is 10.1. The number of rotatable bonds is 2. The Kier molecular flexibility index (Phi) is 3.64. The predicted molar refractivity (Wildman–Crippen MR) is 85.2 cm³/mol. The minimum atomic E-state index is -0.383. The van der Waals surface area contributed by atoms with Crippen molar-refractivity contribution in [1.29, 1.82) is 0 Å². The van der Waals surface area contributed by atoms with Gasteiger partial charge in [0, 0.05) is 10.9 Å². The molecule has 1 unspecified atom stereocenters. The molecule has 0 radical (unpaired) electrons. The summed E-state index contributed by atoms with van der Waals surface area (Å²) in [6.07, 6.45) is 0.225. The maximum atomic E-state index is 12.7. The summed E-state index contributed by atoms with van der Waals surface area (Å²) in [7, 11) is 0. The van der Waals surface area contributed by atoms with Gasteiger partial charge in [-0.05, 0) is 40.0 Å². The fourth-order valence-electron chi connectivity index (χ4n) is 2.64. The van der Waals surface area contributed by atoms with Crippen LogP contribution in [0.3, 0.4) is 0 Å². The Balaban J connectivity index is 2.00. The van der Waals surface area contributed by atoms with Crippen molar-refractivity contribution < 1.29 is 9.59 Å². The lowest BCUT2D eigenvalue weighted by Gasteiger charge is -2.17. The molecule has 1 fully saturated rings. The average Bonchev–Trinajstić information content (AvgIpc) is 2.78. The number of imide groups is 1. The first-order valence-electron chi connectivity index (χ1n) is 6.76. The summed E-state index contributed by atoms with van der Waals surface area (Å²) in [5.41, 5.74) is 2.52. The third kappa shape index (κ3) is 2.40. The third-order valence-corrected chi connectivity index (χ3v) is 4.79. The molecule has 21 heavy (non-hydrogen) atoms. The molecule has 0 aliphatic carbocycles. The smallest absolute Gasteiger partial charge is 0.241 e. The maximum Gasteiger partial charge on any atom is 0.241 e. The number of carbonyl (C=O) groups is 2. The normalized spacial score (nSPS) is 18.4. The minimum absolute atomic E-state index is 0.153. The number of anilines is 1. The van der Waals surface area contributed by atoms with Crippen LogP contribution in [0.25, 0.3) is 0 Å². The molecule has 0 bridgehead atoms. The number of aryl methyl sites for hydroxylation is 1. The first kappa shape index (κ1) is 14.0. The monoisotopic (exact) mass is 343 g/mol. The van der Waals surface area contributed by atoms with Crippen LogP contribution in [0.5, 0.6) is 0 Å². The van der Waals surface area contributed by atoms with Crippen LogP contribution < -0.4 is 4.90 Å². The maximum absolute atomic E-state index is 12.7. The van der Waals surface area contributed by atoms with Gasteiger partial charge in [0.05, 0.1) is 11.6 Å². The van der Waals surface area contributed by atoms with E-state index in [1.807, 2.05) is 49.4 Å². The molecule has 1 aliphatic rings. The fraction of sp³-hybridized carbons (Fsp3) is 0.176. The largest absolute Gasteiger partial charge is 0.274 e. The fourth-order valence-corrected chi connectivity index (χ4v) is 3.08. The van der Waals surface area contributed by atoms with Crippen LogP contribution in [-0.4, -0.2) is 11.8 Å². The molecule has 1 aliphatic heterocycles. The second-order valence-corrected chi connectivity index (χ2v) is 5.94. The van der Waals surface area contributed by atoms with Crippen molar-refractivity contribution in [2.75, 3.05) is 4.90 Å². The van der Waals surface area contributed by atoms with Gasteiger partial charge >= 0.3 is 0 Å². The van der Waals surface area contributed by atoms with E-state index in [9.17, 15) is 9.59 Å². The van der Waals surface area contributed by atoms with E-state index < -0.39 is 0 Å². The number of hydrogen-bond donors (Lipinski definition) is 0. The quantitative estimate of drug-likeness (QED) is 0.777. The number of benzene rings is 2. The molecule has 0 spiro atoms. The lowest BCUT2D eigenvalue weighted by Crippen LogP contribution is -2.30. The summed E-state index contributed by atoms with van der Waals surface area (Å²) >= 11 is 3.48. The van der Waals surface area contributed by atoms with Gasteiger partial charge in [-0.25, -0.2) is 4.90 Å². The Morgan fingerprint density at radius 1 is 1.05 bits per heavy atom. The number of carbonyl (C=O) groups excluding carboxylic acids is 2. The summed E-state index contributed by atoms with van der Waals surface area (Å²) < 4.78 is 0.792. The number of halogens is 1. The Morgan fingerprint density at radius 2 is 1.76 bits per heavy atom. The van der Waals surface area contributed by atoms with Gasteiger partial charge < -0.3 is 0 Å². The number of amides is 2. The van der Waals surface area contributed by atoms with E-state index in [-0.39, 0.29) is 24.2 Å². The molecule has 1 heterocycles. The van der Waals surface area contributed by atoms with Crippen LogP contribution in [0.1, 0.15) is 23.5 Å². The molecule has 2 amide bonds. The zero-order valence-electron chi connectivity index (χ0n) is 11.5. The zero-order valence-corrected chi connectivity index (χ0v) is 13.1. The Bertz CT molecular complexity index is 712. The molecular formula is C17H14BrNO2. The number of hydrogen-bond acceptors (Lipinski definition) is 2. The summed E-state index contributed by atoms with van der Waals surface area (Å²) in [5.74, 6) is -0.691. The van der Waals surface area contributed by atoms with E-state index in [1.54, 1.807) is 6.07 Å². The van der Waals surface area contributed by atoms with Gasteiger partial charge in [-0.1, -0.05) is 42.5 Å². The van der Waals surface area contributed by atoms with E-state index in [4.69, 9.17) is 0 Å². The third-order valence-electron chi connectivity index (χ3n) is 3.76.